The van der Waals surface area contributed by atoms with Gasteiger partial charge in [0.05, 0.1) is 18.8 Å². The van der Waals surface area contributed by atoms with Crippen LogP contribution in [0, 0.1) is 13.8 Å². The van der Waals surface area contributed by atoms with Crippen molar-refractivity contribution in [3.05, 3.63) is 83.6 Å². The molecule has 1 N–H and O–H groups in total. The van der Waals surface area contributed by atoms with E-state index < -0.39 is 16.1 Å². The zero-order chi connectivity index (χ0) is 24.3. The summed E-state index contributed by atoms with van der Waals surface area (Å²) in [6.45, 7) is 4.63. The molecule has 34 heavy (non-hydrogen) atoms. The number of carbonyl (C=O) groups is 1. The van der Waals surface area contributed by atoms with Gasteiger partial charge in [-0.25, -0.2) is 4.98 Å². The highest BCUT2D eigenvalue weighted by molar-refractivity contribution is 7.92. The number of amides is 1. The van der Waals surface area contributed by atoms with Crippen LogP contribution >= 0.6 is 0 Å². The Balaban J connectivity index is 1.48. The third-order valence-electron chi connectivity index (χ3n) is 5.72. The molecule has 0 bridgehead atoms. The van der Waals surface area contributed by atoms with Crippen molar-refractivity contribution in [1.82, 2.24) is 9.88 Å². The normalized spacial score (nSPS) is 18.0. The number of aromatic nitrogens is 1. The molecule has 9 heteroatoms. The number of hydrogen-bond acceptors (Lipinski definition) is 6. The number of hydrogen-bond donors (Lipinski definition) is 1. The summed E-state index contributed by atoms with van der Waals surface area (Å²) in [7, 11) is -2.24. The molecule has 1 fully saturated rings. The first kappa shape index (κ1) is 23.7. The molecule has 1 aliphatic heterocycles. The number of anilines is 1. The lowest BCUT2D eigenvalue weighted by Gasteiger charge is -2.19. The SMILES string of the molecule is COC1CN(C(=O)c2cc(C)ccc2C)CC1Oc1cccc(NS(=O)(=O)c2ccccn2)c1. The van der Waals surface area contributed by atoms with Gasteiger partial charge in [0.15, 0.2) is 5.03 Å². The van der Waals surface area contributed by atoms with Crippen molar-refractivity contribution in [2.45, 2.75) is 31.1 Å². The molecule has 1 aromatic heterocycles. The minimum atomic E-state index is -3.83. The summed E-state index contributed by atoms with van der Waals surface area (Å²) in [5, 5.41) is -0.0721. The molecule has 1 amide bonds. The molecule has 3 aromatic rings. The van der Waals surface area contributed by atoms with E-state index in [1.165, 1.54) is 12.3 Å². The summed E-state index contributed by atoms with van der Waals surface area (Å²) >= 11 is 0. The van der Waals surface area contributed by atoms with Gasteiger partial charge in [-0.1, -0.05) is 29.8 Å². The van der Waals surface area contributed by atoms with Crippen molar-refractivity contribution < 1.29 is 22.7 Å². The van der Waals surface area contributed by atoms with E-state index in [1.54, 1.807) is 48.4 Å². The Bertz CT molecular complexity index is 1280. The smallest absolute Gasteiger partial charge is 0.279 e. The van der Waals surface area contributed by atoms with E-state index in [0.29, 0.717) is 30.1 Å². The van der Waals surface area contributed by atoms with Crippen LogP contribution in [0.1, 0.15) is 21.5 Å². The van der Waals surface area contributed by atoms with E-state index in [0.717, 1.165) is 11.1 Å². The number of likely N-dealkylation sites (tertiary alicyclic amines) is 1. The number of nitrogens with one attached hydrogen (secondary N) is 1. The number of nitrogens with zero attached hydrogens (tertiary/aromatic N) is 2. The number of carbonyl (C=O) groups excluding carboxylic acids is 1. The van der Waals surface area contributed by atoms with Crippen molar-refractivity contribution in [3.8, 4) is 5.75 Å². The summed E-state index contributed by atoms with van der Waals surface area (Å²) in [6.07, 6.45) is 0.703. The van der Waals surface area contributed by atoms with Crippen LogP contribution in [0.25, 0.3) is 0 Å². The molecular weight excluding hydrogens is 454 g/mol. The van der Waals surface area contributed by atoms with Crippen molar-refractivity contribution in [1.29, 1.82) is 0 Å². The Morgan fingerprint density at radius 2 is 1.82 bits per heavy atom. The van der Waals surface area contributed by atoms with Gasteiger partial charge in [-0.3, -0.25) is 9.52 Å². The number of benzene rings is 2. The first-order valence-corrected chi connectivity index (χ1v) is 12.3. The molecule has 1 saturated heterocycles. The standard InChI is InChI=1S/C25H27N3O5S/c1-17-10-11-18(2)21(13-17)25(29)28-15-22(32-3)23(16-28)33-20-8-6-7-19(14-20)27-34(30,31)24-9-4-5-12-26-24/h4-14,22-23,27H,15-16H2,1-3H3. The zero-order valence-electron chi connectivity index (χ0n) is 19.3. The summed E-state index contributed by atoms with van der Waals surface area (Å²) in [5.74, 6) is 0.403. The largest absolute Gasteiger partial charge is 0.486 e. The van der Waals surface area contributed by atoms with Crippen LogP contribution in [-0.4, -0.2) is 56.6 Å². The van der Waals surface area contributed by atoms with E-state index >= 15 is 0 Å². The second kappa shape index (κ2) is 9.82. The first-order valence-electron chi connectivity index (χ1n) is 10.9. The molecule has 0 saturated carbocycles. The van der Waals surface area contributed by atoms with Crippen LogP contribution in [0.15, 0.2) is 71.9 Å². The number of rotatable bonds is 7. The summed E-state index contributed by atoms with van der Waals surface area (Å²) in [4.78, 5) is 18.8. The third-order valence-corrected chi connectivity index (χ3v) is 7.01. The van der Waals surface area contributed by atoms with Gasteiger partial charge < -0.3 is 14.4 Å². The van der Waals surface area contributed by atoms with Crippen molar-refractivity contribution in [2.75, 3.05) is 24.9 Å². The number of sulfonamides is 1. The van der Waals surface area contributed by atoms with Gasteiger partial charge in [0.25, 0.3) is 15.9 Å². The predicted octanol–water partition coefficient (Wildman–Crippen LogP) is 3.42. The van der Waals surface area contributed by atoms with E-state index in [-0.39, 0.29) is 17.0 Å². The maximum absolute atomic E-state index is 13.2. The highest BCUT2D eigenvalue weighted by Crippen LogP contribution is 2.26. The Morgan fingerprint density at radius 3 is 2.56 bits per heavy atom. The molecule has 0 aliphatic carbocycles. The minimum Gasteiger partial charge on any atom is -0.486 e. The summed E-state index contributed by atoms with van der Waals surface area (Å²) < 4.78 is 39.4. The van der Waals surface area contributed by atoms with E-state index in [4.69, 9.17) is 9.47 Å². The molecule has 2 aromatic carbocycles. The molecule has 0 spiro atoms. The van der Waals surface area contributed by atoms with Crippen LogP contribution in [0.4, 0.5) is 5.69 Å². The van der Waals surface area contributed by atoms with Gasteiger partial charge in [-0.05, 0) is 49.7 Å². The summed E-state index contributed by atoms with van der Waals surface area (Å²) in [5.41, 5.74) is 2.95. The van der Waals surface area contributed by atoms with E-state index in [1.807, 2.05) is 32.0 Å². The van der Waals surface area contributed by atoms with Crippen molar-refractivity contribution >= 4 is 21.6 Å². The third kappa shape index (κ3) is 5.21. The van der Waals surface area contributed by atoms with E-state index in [9.17, 15) is 13.2 Å². The van der Waals surface area contributed by atoms with Gasteiger partial charge in [0, 0.05) is 24.9 Å². The van der Waals surface area contributed by atoms with Crippen LogP contribution in [-0.2, 0) is 14.8 Å². The zero-order valence-corrected chi connectivity index (χ0v) is 20.1. The molecule has 178 valence electrons. The highest BCUT2D eigenvalue weighted by Gasteiger charge is 2.37. The molecule has 4 rings (SSSR count). The first-order chi connectivity index (χ1) is 16.3. The number of ether oxygens (including phenoxy) is 2. The highest BCUT2D eigenvalue weighted by atomic mass is 32.2. The molecule has 1 aliphatic rings. The van der Waals surface area contributed by atoms with Crippen LogP contribution < -0.4 is 9.46 Å². The predicted molar refractivity (Wildman–Crippen MR) is 129 cm³/mol. The fraction of sp³-hybridized carbons (Fsp3) is 0.280. The fourth-order valence-corrected chi connectivity index (χ4v) is 4.91. The fourth-order valence-electron chi connectivity index (χ4n) is 3.91. The Kier molecular flexibility index (Phi) is 6.85. The molecule has 0 radical (unpaired) electrons. The van der Waals surface area contributed by atoms with Gasteiger partial charge in [-0.2, -0.15) is 8.42 Å². The Hall–Kier alpha value is -3.43. The second-order valence-corrected chi connectivity index (χ2v) is 9.89. The number of aryl methyl sites for hydroxylation is 2. The topological polar surface area (TPSA) is 97.8 Å². The maximum Gasteiger partial charge on any atom is 0.279 e. The van der Waals surface area contributed by atoms with E-state index in [2.05, 4.69) is 9.71 Å². The van der Waals surface area contributed by atoms with Gasteiger partial charge in [0.1, 0.15) is 18.0 Å². The van der Waals surface area contributed by atoms with Gasteiger partial charge in [0.2, 0.25) is 0 Å². The maximum atomic E-state index is 13.2. The molecule has 8 nitrogen and oxygen atoms in total. The molecule has 2 atom stereocenters. The minimum absolute atomic E-state index is 0.0637. The Morgan fingerprint density at radius 1 is 1.03 bits per heavy atom. The average Bonchev–Trinajstić information content (AvgIpc) is 3.23. The average molecular weight is 482 g/mol. The van der Waals surface area contributed by atoms with Gasteiger partial charge in [-0.15, -0.1) is 0 Å². The lowest BCUT2D eigenvalue weighted by atomic mass is 10.0. The number of pyridine rings is 1. The molecule has 2 heterocycles. The lowest BCUT2D eigenvalue weighted by molar-refractivity contribution is 0.0340. The van der Waals surface area contributed by atoms with Crippen LogP contribution in [0.2, 0.25) is 0 Å². The lowest BCUT2D eigenvalue weighted by Crippen LogP contribution is -2.32. The molecular formula is C25H27N3O5S. The van der Waals surface area contributed by atoms with Crippen LogP contribution in [0.5, 0.6) is 5.75 Å². The van der Waals surface area contributed by atoms with Gasteiger partial charge >= 0.3 is 0 Å². The quantitative estimate of drug-likeness (QED) is 0.555. The second-order valence-electron chi connectivity index (χ2n) is 8.26. The Labute approximate surface area is 199 Å². The monoisotopic (exact) mass is 481 g/mol. The number of methoxy groups -OCH3 is 1. The molecule has 2 unspecified atom stereocenters. The summed E-state index contributed by atoms with van der Waals surface area (Å²) in [6, 6.07) is 17.2. The van der Waals surface area contributed by atoms with Crippen molar-refractivity contribution in [3.63, 3.8) is 0 Å². The van der Waals surface area contributed by atoms with Crippen LogP contribution in [0.3, 0.4) is 0 Å². The van der Waals surface area contributed by atoms with Crippen molar-refractivity contribution in [2.24, 2.45) is 0 Å².